The Morgan fingerprint density at radius 3 is 2.57 bits per heavy atom. The van der Waals surface area contributed by atoms with Crippen molar-refractivity contribution >= 4 is 5.91 Å². The Balaban J connectivity index is 2.40. The van der Waals surface area contributed by atoms with Crippen molar-refractivity contribution in [2.24, 2.45) is 0 Å². The Morgan fingerprint density at radius 2 is 2.00 bits per heavy atom. The highest BCUT2D eigenvalue weighted by atomic mass is 16.3. The molecule has 0 radical (unpaired) electrons. The lowest BCUT2D eigenvalue weighted by Gasteiger charge is -2.01. The minimum atomic E-state index is -0.208. The van der Waals surface area contributed by atoms with Crippen LogP contribution in [0.5, 0.6) is 0 Å². The van der Waals surface area contributed by atoms with E-state index in [0.717, 1.165) is 0 Å². The van der Waals surface area contributed by atoms with E-state index in [0.29, 0.717) is 10.4 Å². The van der Waals surface area contributed by atoms with Gasteiger partial charge in [-0.1, -0.05) is 18.2 Å². The van der Waals surface area contributed by atoms with Crippen LogP contribution in [0, 0.1) is 4.91 Å². The van der Waals surface area contributed by atoms with Gasteiger partial charge in [0.25, 0.3) is 5.91 Å². The quantitative estimate of drug-likeness (QED) is 0.411. The molecular formula is C9H12N3O2+. The van der Waals surface area contributed by atoms with E-state index in [9.17, 15) is 9.70 Å². The first-order valence-electron chi connectivity index (χ1n) is 4.18. The van der Waals surface area contributed by atoms with Gasteiger partial charge < -0.3 is 5.32 Å². The highest BCUT2D eigenvalue weighted by Gasteiger charge is 2.03. The Kier molecular flexibility index (Phi) is 3.60. The van der Waals surface area contributed by atoms with E-state index in [4.69, 9.17) is 0 Å². The molecule has 0 aromatic heterocycles. The van der Waals surface area contributed by atoms with Crippen molar-refractivity contribution in [2.45, 2.75) is 0 Å². The van der Waals surface area contributed by atoms with Crippen molar-refractivity contribution in [3.05, 3.63) is 40.8 Å². The molecule has 1 aromatic rings. The molecule has 5 heteroatoms. The molecule has 0 saturated carbocycles. The summed E-state index contributed by atoms with van der Waals surface area (Å²) < 4.78 is 0. The predicted octanol–water partition coefficient (Wildman–Crippen LogP) is 0.287. The number of hydrogen-bond acceptors (Lipinski definition) is 2. The summed E-state index contributed by atoms with van der Waals surface area (Å²) in [6.45, 7) is 0.119. The Morgan fingerprint density at radius 1 is 1.36 bits per heavy atom. The van der Waals surface area contributed by atoms with Gasteiger partial charge in [-0.05, 0) is 12.1 Å². The van der Waals surface area contributed by atoms with Gasteiger partial charge in [-0.3, -0.25) is 4.79 Å². The van der Waals surface area contributed by atoms with Crippen molar-refractivity contribution in [3.8, 4) is 0 Å². The maximum atomic E-state index is 11.4. The van der Waals surface area contributed by atoms with Crippen LogP contribution >= 0.6 is 0 Å². The van der Waals surface area contributed by atoms with Crippen LogP contribution in [0.3, 0.4) is 0 Å². The molecule has 0 fully saturated rings. The molecule has 0 spiro atoms. The van der Waals surface area contributed by atoms with Crippen LogP contribution in [0.1, 0.15) is 10.4 Å². The van der Waals surface area contributed by atoms with E-state index in [1.165, 1.54) is 7.05 Å². The molecule has 1 aromatic carbocycles. The topological polar surface area (TPSA) is 61.2 Å². The lowest BCUT2D eigenvalue weighted by Crippen LogP contribution is -2.37. The van der Waals surface area contributed by atoms with Crippen molar-refractivity contribution in [1.82, 2.24) is 10.7 Å². The zero-order valence-corrected chi connectivity index (χ0v) is 7.86. The average molecular weight is 194 g/mol. The fourth-order valence-corrected chi connectivity index (χ4v) is 0.923. The molecule has 0 unspecified atom stereocenters. The largest absolute Gasteiger partial charge is 0.330 e. The SMILES string of the molecule is C[N+](=O)NCNC(=O)c1ccccc1. The zero-order valence-electron chi connectivity index (χ0n) is 7.86. The second-order valence-corrected chi connectivity index (χ2v) is 2.70. The lowest BCUT2D eigenvalue weighted by atomic mass is 10.2. The number of hydrogen-bond donors (Lipinski definition) is 2. The average Bonchev–Trinajstić information content (AvgIpc) is 2.18. The molecule has 0 aliphatic carbocycles. The molecule has 0 atom stereocenters. The molecule has 14 heavy (non-hydrogen) atoms. The Hall–Kier alpha value is -1.91. The van der Waals surface area contributed by atoms with Crippen LogP contribution in [0.4, 0.5) is 0 Å². The third kappa shape index (κ3) is 3.22. The van der Waals surface area contributed by atoms with E-state index < -0.39 is 0 Å². The van der Waals surface area contributed by atoms with E-state index in [1.807, 2.05) is 6.07 Å². The number of benzene rings is 1. The fourth-order valence-electron chi connectivity index (χ4n) is 0.923. The van der Waals surface area contributed by atoms with Gasteiger partial charge in [0.05, 0.1) is 4.91 Å². The minimum absolute atomic E-state index is 0.119. The second kappa shape index (κ2) is 4.96. The van der Waals surface area contributed by atoms with Gasteiger partial charge in [0, 0.05) is 5.56 Å². The normalized spacial score (nSPS) is 9.21. The van der Waals surface area contributed by atoms with E-state index in [-0.39, 0.29) is 12.6 Å². The highest BCUT2D eigenvalue weighted by Crippen LogP contribution is 1.96. The first-order chi connectivity index (χ1) is 6.70. The number of nitrogens with one attached hydrogen (secondary N) is 2. The molecule has 0 heterocycles. The van der Waals surface area contributed by atoms with Crippen molar-refractivity contribution < 1.29 is 9.66 Å². The molecule has 1 rings (SSSR count). The number of amides is 1. The van der Waals surface area contributed by atoms with Crippen molar-refractivity contribution in [3.63, 3.8) is 0 Å². The van der Waals surface area contributed by atoms with Crippen LogP contribution in [-0.2, 0) is 0 Å². The van der Waals surface area contributed by atoms with Crippen LogP contribution < -0.4 is 10.7 Å². The summed E-state index contributed by atoms with van der Waals surface area (Å²) in [5, 5.41) is 2.54. The summed E-state index contributed by atoms with van der Waals surface area (Å²) in [7, 11) is 1.31. The molecule has 74 valence electrons. The summed E-state index contributed by atoms with van der Waals surface area (Å²) in [5.41, 5.74) is 2.96. The van der Waals surface area contributed by atoms with Gasteiger partial charge in [-0.15, -0.1) is 5.43 Å². The molecule has 0 aliphatic rings. The summed E-state index contributed by atoms with van der Waals surface area (Å²) in [6, 6.07) is 8.80. The second-order valence-electron chi connectivity index (χ2n) is 2.70. The van der Waals surface area contributed by atoms with Gasteiger partial charge >= 0.3 is 0 Å². The van der Waals surface area contributed by atoms with Gasteiger partial charge in [0.15, 0.2) is 0 Å². The fraction of sp³-hybridized carbons (Fsp3) is 0.222. The molecule has 0 aliphatic heterocycles. The third-order valence-electron chi connectivity index (χ3n) is 1.59. The summed E-state index contributed by atoms with van der Waals surface area (Å²) >= 11 is 0. The first kappa shape index (κ1) is 10.2. The van der Waals surface area contributed by atoms with E-state index >= 15 is 0 Å². The molecule has 0 saturated heterocycles. The van der Waals surface area contributed by atoms with Gasteiger partial charge in [-0.2, -0.15) is 0 Å². The van der Waals surface area contributed by atoms with Crippen LogP contribution in [-0.4, -0.2) is 24.5 Å². The maximum Gasteiger partial charge on any atom is 0.252 e. The number of hydrazine groups is 1. The smallest absolute Gasteiger partial charge is 0.252 e. The van der Waals surface area contributed by atoms with Crippen molar-refractivity contribution in [2.75, 3.05) is 13.7 Å². The monoisotopic (exact) mass is 194 g/mol. The van der Waals surface area contributed by atoms with Gasteiger partial charge in [0.2, 0.25) is 7.05 Å². The first-order valence-corrected chi connectivity index (χ1v) is 4.18. The standard InChI is InChI=1S/C9H11N3O2/c1-12(14)11-7-10-9(13)8-5-3-2-4-6-8/h2-6H,7H2,1H3,(H-,10,11,13,14)/p+1. The number of rotatable bonds is 4. The zero-order chi connectivity index (χ0) is 10.4. The molecular weight excluding hydrogens is 182 g/mol. The van der Waals surface area contributed by atoms with Gasteiger partial charge in [0.1, 0.15) is 11.5 Å². The minimum Gasteiger partial charge on any atom is -0.330 e. The third-order valence-corrected chi connectivity index (χ3v) is 1.59. The summed E-state index contributed by atoms with van der Waals surface area (Å²) in [5.74, 6) is -0.208. The number of carbonyl (C=O) groups excluding carboxylic acids is 1. The van der Waals surface area contributed by atoms with E-state index in [2.05, 4.69) is 10.7 Å². The number of carbonyl (C=O) groups is 1. The van der Waals surface area contributed by atoms with Crippen LogP contribution in [0.2, 0.25) is 0 Å². The van der Waals surface area contributed by atoms with E-state index in [1.54, 1.807) is 24.3 Å². The highest BCUT2D eigenvalue weighted by molar-refractivity contribution is 5.93. The maximum absolute atomic E-state index is 11.4. The van der Waals surface area contributed by atoms with Crippen molar-refractivity contribution in [1.29, 1.82) is 0 Å². The lowest BCUT2D eigenvalue weighted by molar-refractivity contribution is -0.580. The number of nitroso groups, excluding NO2 is 1. The molecule has 0 bridgehead atoms. The predicted molar refractivity (Wildman–Crippen MR) is 51.5 cm³/mol. The Labute approximate surface area is 81.7 Å². The summed E-state index contributed by atoms with van der Waals surface area (Å²) in [4.78, 5) is 22.3. The Bertz CT molecular complexity index is 324. The van der Waals surface area contributed by atoms with Crippen LogP contribution in [0.15, 0.2) is 30.3 Å². The number of nitrogens with zero attached hydrogens (tertiary/aromatic N) is 1. The molecule has 2 N–H and O–H groups in total. The molecule has 5 nitrogen and oxygen atoms in total. The van der Waals surface area contributed by atoms with Gasteiger partial charge in [-0.25, -0.2) is 0 Å². The molecule has 1 amide bonds. The van der Waals surface area contributed by atoms with Crippen LogP contribution in [0.25, 0.3) is 0 Å². The summed E-state index contributed by atoms with van der Waals surface area (Å²) in [6.07, 6.45) is 0.